The van der Waals surface area contributed by atoms with Crippen LogP contribution in [0.5, 0.6) is 11.5 Å². The van der Waals surface area contributed by atoms with E-state index in [0.29, 0.717) is 38.5 Å². The van der Waals surface area contributed by atoms with Crippen LogP contribution in [0.3, 0.4) is 0 Å². The number of Topliss-reactive ketones (excluding diaryl/α,β-unsaturated/α-hetero) is 1. The van der Waals surface area contributed by atoms with Gasteiger partial charge in [0.15, 0.2) is 28.1 Å². The zero-order valence-electron chi connectivity index (χ0n) is 17.6. The Balaban J connectivity index is 1.53. The summed E-state index contributed by atoms with van der Waals surface area (Å²) in [6.07, 6.45) is 0. The lowest BCUT2D eigenvalue weighted by Crippen LogP contribution is -2.30. The number of fused-ring (bicyclic) bond motifs is 2. The molecule has 0 saturated heterocycles. The van der Waals surface area contributed by atoms with E-state index in [-0.39, 0.29) is 18.1 Å². The average molecular weight is 495 g/mol. The van der Waals surface area contributed by atoms with Gasteiger partial charge in [-0.2, -0.15) is 0 Å². The predicted octanol–water partition coefficient (Wildman–Crippen LogP) is 5.36. The van der Waals surface area contributed by atoms with E-state index in [1.165, 1.54) is 22.3 Å². The van der Waals surface area contributed by atoms with Crippen LogP contribution in [0.25, 0.3) is 10.2 Å². The first-order valence-electron chi connectivity index (χ1n) is 10.2. The van der Waals surface area contributed by atoms with Gasteiger partial charge in [0.1, 0.15) is 5.76 Å². The minimum atomic E-state index is -0.962. The third kappa shape index (κ3) is 3.16. The first kappa shape index (κ1) is 20.8. The number of benzene rings is 2. The van der Waals surface area contributed by atoms with Crippen LogP contribution in [-0.2, 0) is 4.79 Å². The third-order valence-electron chi connectivity index (χ3n) is 5.67. The number of aliphatic hydroxyl groups excluding tert-OH is 1. The number of ketones is 1. The minimum absolute atomic E-state index is 0.0236. The van der Waals surface area contributed by atoms with Crippen molar-refractivity contribution in [3.05, 3.63) is 82.0 Å². The highest BCUT2D eigenvalue weighted by Gasteiger charge is 2.47. The van der Waals surface area contributed by atoms with Crippen LogP contribution in [0.2, 0.25) is 5.02 Å². The summed E-state index contributed by atoms with van der Waals surface area (Å²) in [4.78, 5) is 32.7. The molecule has 2 aliphatic rings. The molecule has 170 valence electrons. The number of amides is 1. The Labute approximate surface area is 201 Å². The van der Waals surface area contributed by atoms with Crippen molar-refractivity contribution in [1.82, 2.24) is 4.98 Å². The SMILES string of the molecule is Cc1ccc(C(=O)C2=C(O)C(=O)N(c3nc4ccc(Cl)cc4s3)C2c2ccc3c(c2)OCO3)o1. The van der Waals surface area contributed by atoms with Gasteiger partial charge in [-0.3, -0.25) is 14.5 Å². The number of ether oxygens (including phenoxy) is 2. The van der Waals surface area contributed by atoms with Crippen LogP contribution < -0.4 is 14.4 Å². The molecule has 0 fully saturated rings. The van der Waals surface area contributed by atoms with Gasteiger partial charge < -0.3 is 19.0 Å². The number of furan rings is 1. The molecule has 2 aromatic carbocycles. The molecule has 8 nitrogen and oxygen atoms in total. The van der Waals surface area contributed by atoms with E-state index in [2.05, 4.69) is 4.98 Å². The van der Waals surface area contributed by atoms with E-state index >= 15 is 0 Å². The maximum absolute atomic E-state index is 13.4. The Hall–Kier alpha value is -3.82. The van der Waals surface area contributed by atoms with Crippen LogP contribution in [0.15, 0.2) is 64.3 Å². The van der Waals surface area contributed by atoms with Crippen LogP contribution in [0.4, 0.5) is 5.13 Å². The number of anilines is 1. The maximum atomic E-state index is 13.4. The van der Waals surface area contributed by atoms with Gasteiger partial charge in [0.25, 0.3) is 5.91 Å². The van der Waals surface area contributed by atoms with Gasteiger partial charge in [0.2, 0.25) is 12.6 Å². The Morgan fingerprint density at radius 2 is 1.97 bits per heavy atom. The van der Waals surface area contributed by atoms with Gasteiger partial charge in [-0.05, 0) is 55.0 Å². The van der Waals surface area contributed by atoms with Crippen LogP contribution in [0, 0.1) is 6.92 Å². The third-order valence-corrected chi connectivity index (χ3v) is 6.93. The van der Waals surface area contributed by atoms with Gasteiger partial charge >= 0.3 is 0 Å². The molecular formula is C24H15ClN2O6S. The monoisotopic (exact) mass is 494 g/mol. The Bertz CT molecular complexity index is 1540. The molecule has 34 heavy (non-hydrogen) atoms. The molecule has 0 saturated carbocycles. The Morgan fingerprint density at radius 1 is 1.15 bits per heavy atom. The van der Waals surface area contributed by atoms with E-state index < -0.39 is 23.5 Å². The molecule has 4 aromatic rings. The molecule has 0 bridgehead atoms. The van der Waals surface area contributed by atoms with E-state index in [9.17, 15) is 14.7 Å². The number of aryl methyl sites for hydroxylation is 1. The van der Waals surface area contributed by atoms with Crippen molar-refractivity contribution >= 4 is 50.0 Å². The number of hydrogen-bond acceptors (Lipinski definition) is 8. The first-order valence-corrected chi connectivity index (χ1v) is 11.4. The topological polar surface area (TPSA) is 102 Å². The highest BCUT2D eigenvalue weighted by Crippen LogP contribution is 2.46. The number of carbonyl (C=O) groups excluding carboxylic acids is 2. The zero-order chi connectivity index (χ0) is 23.6. The summed E-state index contributed by atoms with van der Waals surface area (Å²) < 4.78 is 17.2. The first-order chi connectivity index (χ1) is 16.4. The number of thiazole rings is 1. The van der Waals surface area contributed by atoms with Gasteiger partial charge in [-0.25, -0.2) is 4.98 Å². The van der Waals surface area contributed by atoms with Crippen LogP contribution >= 0.6 is 22.9 Å². The zero-order valence-corrected chi connectivity index (χ0v) is 19.1. The van der Waals surface area contributed by atoms with Crippen molar-refractivity contribution in [3.8, 4) is 11.5 Å². The summed E-state index contributed by atoms with van der Waals surface area (Å²) in [5.74, 6) is -0.389. The normalized spacial score (nSPS) is 17.3. The number of halogens is 1. The standard InChI is InChI=1S/C24H15ClN2O6S/c1-11-2-6-16(33-11)21(28)19-20(12-3-7-15-17(8-12)32-10-31-15)27(23(30)22(19)29)24-26-14-5-4-13(25)9-18(14)34-24/h2-9,20,29H,10H2,1H3. The quantitative estimate of drug-likeness (QED) is 0.381. The molecule has 0 aliphatic carbocycles. The molecule has 1 unspecified atom stereocenters. The van der Waals surface area contributed by atoms with E-state index in [1.54, 1.807) is 49.4 Å². The Morgan fingerprint density at radius 3 is 2.76 bits per heavy atom. The largest absolute Gasteiger partial charge is 0.503 e. The lowest BCUT2D eigenvalue weighted by atomic mass is 9.95. The molecular weight excluding hydrogens is 480 g/mol. The van der Waals surface area contributed by atoms with Crippen molar-refractivity contribution in [3.63, 3.8) is 0 Å². The number of rotatable bonds is 4. The second-order valence-corrected chi connectivity index (χ2v) is 9.25. The summed E-state index contributed by atoms with van der Waals surface area (Å²) >= 11 is 7.36. The number of nitrogens with zero attached hydrogens (tertiary/aromatic N) is 2. The average Bonchev–Trinajstić information content (AvgIpc) is 3.59. The maximum Gasteiger partial charge on any atom is 0.296 e. The molecule has 1 atom stereocenters. The lowest BCUT2D eigenvalue weighted by Gasteiger charge is -2.24. The second-order valence-electron chi connectivity index (χ2n) is 7.80. The summed E-state index contributed by atoms with van der Waals surface area (Å²) in [7, 11) is 0. The minimum Gasteiger partial charge on any atom is -0.503 e. The number of hydrogen-bond donors (Lipinski definition) is 1. The predicted molar refractivity (Wildman–Crippen MR) is 125 cm³/mol. The molecule has 2 aliphatic heterocycles. The van der Waals surface area contributed by atoms with E-state index in [0.717, 1.165) is 4.70 Å². The molecule has 4 heterocycles. The molecule has 0 spiro atoms. The molecule has 10 heteroatoms. The Kier molecular flexibility index (Phi) is 4.65. The highest BCUT2D eigenvalue weighted by molar-refractivity contribution is 7.22. The van der Waals surface area contributed by atoms with Crippen molar-refractivity contribution in [2.45, 2.75) is 13.0 Å². The number of aliphatic hydroxyl groups is 1. The highest BCUT2D eigenvalue weighted by atomic mass is 35.5. The van der Waals surface area contributed by atoms with E-state index in [1.807, 2.05) is 0 Å². The summed E-state index contributed by atoms with van der Waals surface area (Å²) in [6.45, 7) is 1.78. The van der Waals surface area contributed by atoms with Gasteiger partial charge in [0.05, 0.1) is 21.8 Å². The van der Waals surface area contributed by atoms with Crippen LogP contribution in [0.1, 0.15) is 27.9 Å². The molecule has 1 amide bonds. The molecule has 6 rings (SSSR count). The van der Waals surface area contributed by atoms with Crippen LogP contribution in [-0.4, -0.2) is 28.6 Å². The number of carbonyl (C=O) groups is 2. The summed E-state index contributed by atoms with van der Waals surface area (Å²) in [5, 5.41) is 11.7. The van der Waals surface area contributed by atoms with Crippen molar-refractivity contribution in [2.75, 3.05) is 11.7 Å². The van der Waals surface area contributed by atoms with Gasteiger partial charge in [-0.1, -0.05) is 29.0 Å². The smallest absolute Gasteiger partial charge is 0.296 e. The fraction of sp³-hybridized carbons (Fsp3) is 0.125. The van der Waals surface area contributed by atoms with Crippen molar-refractivity contribution in [2.24, 2.45) is 0 Å². The van der Waals surface area contributed by atoms with Gasteiger partial charge in [-0.15, -0.1) is 0 Å². The number of aromatic nitrogens is 1. The summed E-state index contributed by atoms with van der Waals surface area (Å²) in [5.41, 5.74) is 1.09. The van der Waals surface area contributed by atoms with Crippen molar-refractivity contribution < 1.29 is 28.6 Å². The summed E-state index contributed by atoms with van der Waals surface area (Å²) in [6, 6.07) is 12.5. The van der Waals surface area contributed by atoms with E-state index in [4.69, 9.17) is 25.5 Å². The molecule has 1 N–H and O–H groups in total. The van der Waals surface area contributed by atoms with Gasteiger partial charge in [0, 0.05) is 5.02 Å². The van der Waals surface area contributed by atoms with Crippen molar-refractivity contribution in [1.29, 1.82) is 0 Å². The lowest BCUT2D eigenvalue weighted by molar-refractivity contribution is -0.117. The fourth-order valence-electron chi connectivity index (χ4n) is 4.11. The molecule has 0 radical (unpaired) electrons. The fourth-order valence-corrected chi connectivity index (χ4v) is 5.38. The molecule has 2 aromatic heterocycles. The second kappa shape index (κ2) is 7.61.